The minimum atomic E-state index is -0.0667. The Kier molecular flexibility index (Phi) is 7.95. The SMILES string of the molecule is COc1ccc(CCNC(C)CC(=O)Nc2ccc(OC)cc2OC)cc1. The minimum Gasteiger partial charge on any atom is -0.497 e. The summed E-state index contributed by atoms with van der Waals surface area (Å²) in [7, 11) is 4.81. The van der Waals surface area contributed by atoms with Crippen LogP contribution in [-0.2, 0) is 11.2 Å². The maximum Gasteiger partial charge on any atom is 0.226 e. The first-order valence-electron chi connectivity index (χ1n) is 8.94. The Bertz CT molecular complexity index is 731. The maximum absolute atomic E-state index is 12.3. The number of nitrogens with one attached hydrogen (secondary N) is 2. The van der Waals surface area contributed by atoms with E-state index in [1.165, 1.54) is 5.56 Å². The Labute approximate surface area is 160 Å². The molecule has 1 atom stereocenters. The summed E-state index contributed by atoms with van der Waals surface area (Å²) < 4.78 is 15.6. The zero-order valence-corrected chi connectivity index (χ0v) is 16.4. The molecular formula is C21H28N2O4. The van der Waals surface area contributed by atoms with Gasteiger partial charge in [0.05, 0.1) is 27.0 Å². The number of rotatable bonds is 10. The van der Waals surface area contributed by atoms with Crippen molar-refractivity contribution in [2.75, 3.05) is 33.2 Å². The lowest BCUT2D eigenvalue weighted by Gasteiger charge is -2.15. The molecule has 146 valence electrons. The molecule has 0 saturated heterocycles. The summed E-state index contributed by atoms with van der Waals surface area (Å²) in [6.07, 6.45) is 1.26. The topological polar surface area (TPSA) is 68.8 Å². The third-order valence-corrected chi connectivity index (χ3v) is 4.24. The highest BCUT2D eigenvalue weighted by Gasteiger charge is 2.12. The van der Waals surface area contributed by atoms with Gasteiger partial charge < -0.3 is 24.8 Å². The Morgan fingerprint density at radius 1 is 0.963 bits per heavy atom. The number of hydrogen-bond acceptors (Lipinski definition) is 5. The zero-order chi connectivity index (χ0) is 19.6. The van der Waals surface area contributed by atoms with Crippen LogP contribution in [0.1, 0.15) is 18.9 Å². The molecule has 2 aromatic rings. The standard InChI is InChI=1S/C21H28N2O4/c1-15(22-12-11-16-5-7-17(25-2)8-6-16)13-21(24)23-19-10-9-18(26-3)14-20(19)27-4/h5-10,14-15,22H,11-13H2,1-4H3,(H,23,24). The van der Waals surface area contributed by atoms with Crippen molar-refractivity contribution < 1.29 is 19.0 Å². The van der Waals surface area contributed by atoms with Gasteiger partial charge in [0.25, 0.3) is 0 Å². The van der Waals surface area contributed by atoms with Crippen molar-refractivity contribution in [2.45, 2.75) is 25.8 Å². The lowest BCUT2D eigenvalue weighted by molar-refractivity contribution is -0.116. The molecule has 1 unspecified atom stereocenters. The monoisotopic (exact) mass is 372 g/mol. The molecule has 0 heterocycles. The van der Waals surface area contributed by atoms with Gasteiger partial charge in [0.2, 0.25) is 5.91 Å². The van der Waals surface area contributed by atoms with Crippen molar-refractivity contribution in [3.8, 4) is 17.2 Å². The van der Waals surface area contributed by atoms with Gasteiger partial charge in [-0.2, -0.15) is 0 Å². The molecule has 0 aliphatic carbocycles. The Morgan fingerprint density at radius 2 is 1.63 bits per heavy atom. The highest BCUT2D eigenvalue weighted by molar-refractivity contribution is 5.92. The van der Waals surface area contributed by atoms with Crippen molar-refractivity contribution >= 4 is 11.6 Å². The molecule has 0 bridgehead atoms. The van der Waals surface area contributed by atoms with E-state index in [1.54, 1.807) is 39.5 Å². The molecule has 6 nitrogen and oxygen atoms in total. The number of benzene rings is 2. The predicted molar refractivity (Wildman–Crippen MR) is 107 cm³/mol. The summed E-state index contributed by atoms with van der Waals surface area (Å²) >= 11 is 0. The molecule has 2 aromatic carbocycles. The first kappa shape index (κ1) is 20.6. The predicted octanol–water partition coefficient (Wildman–Crippen LogP) is 3.26. The van der Waals surface area contributed by atoms with Gasteiger partial charge in [-0.05, 0) is 49.7 Å². The van der Waals surface area contributed by atoms with Crippen LogP contribution in [0.25, 0.3) is 0 Å². The number of carbonyl (C=O) groups is 1. The zero-order valence-electron chi connectivity index (χ0n) is 16.4. The van der Waals surface area contributed by atoms with Crippen molar-refractivity contribution in [1.29, 1.82) is 0 Å². The van der Waals surface area contributed by atoms with Crippen LogP contribution >= 0.6 is 0 Å². The molecule has 1 amide bonds. The van der Waals surface area contributed by atoms with Gasteiger partial charge in [-0.25, -0.2) is 0 Å². The van der Waals surface area contributed by atoms with Crippen LogP contribution in [0.2, 0.25) is 0 Å². The Balaban J connectivity index is 1.78. The number of amides is 1. The van der Waals surface area contributed by atoms with Crippen molar-refractivity contribution in [1.82, 2.24) is 5.32 Å². The van der Waals surface area contributed by atoms with E-state index in [0.29, 0.717) is 23.6 Å². The van der Waals surface area contributed by atoms with E-state index >= 15 is 0 Å². The van der Waals surface area contributed by atoms with Crippen LogP contribution in [0.5, 0.6) is 17.2 Å². The summed E-state index contributed by atoms with van der Waals surface area (Å²) in [5.41, 5.74) is 1.86. The van der Waals surface area contributed by atoms with Crippen LogP contribution in [0.4, 0.5) is 5.69 Å². The second-order valence-corrected chi connectivity index (χ2v) is 6.27. The van der Waals surface area contributed by atoms with Gasteiger partial charge in [-0.1, -0.05) is 12.1 Å². The van der Waals surface area contributed by atoms with E-state index in [1.807, 2.05) is 31.2 Å². The van der Waals surface area contributed by atoms with Crippen molar-refractivity contribution in [3.63, 3.8) is 0 Å². The van der Waals surface area contributed by atoms with Gasteiger partial charge in [0.1, 0.15) is 17.2 Å². The average molecular weight is 372 g/mol. The summed E-state index contributed by atoms with van der Waals surface area (Å²) in [6.45, 7) is 2.80. The molecule has 0 aromatic heterocycles. The van der Waals surface area contributed by atoms with Crippen LogP contribution in [0.15, 0.2) is 42.5 Å². The van der Waals surface area contributed by atoms with E-state index in [4.69, 9.17) is 14.2 Å². The number of hydrogen-bond donors (Lipinski definition) is 2. The molecule has 0 aliphatic rings. The Hall–Kier alpha value is -2.73. The van der Waals surface area contributed by atoms with Crippen LogP contribution in [-0.4, -0.2) is 39.8 Å². The van der Waals surface area contributed by atoms with E-state index in [-0.39, 0.29) is 11.9 Å². The van der Waals surface area contributed by atoms with Gasteiger partial charge >= 0.3 is 0 Å². The summed E-state index contributed by atoms with van der Waals surface area (Å²) in [6, 6.07) is 13.4. The molecule has 27 heavy (non-hydrogen) atoms. The highest BCUT2D eigenvalue weighted by atomic mass is 16.5. The van der Waals surface area contributed by atoms with E-state index in [2.05, 4.69) is 10.6 Å². The summed E-state index contributed by atoms with van der Waals surface area (Å²) in [5, 5.41) is 6.27. The molecule has 0 spiro atoms. The largest absolute Gasteiger partial charge is 0.497 e. The number of ether oxygens (including phenoxy) is 3. The van der Waals surface area contributed by atoms with E-state index in [9.17, 15) is 4.79 Å². The van der Waals surface area contributed by atoms with E-state index < -0.39 is 0 Å². The smallest absolute Gasteiger partial charge is 0.226 e. The summed E-state index contributed by atoms with van der Waals surface area (Å²) in [4.78, 5) is 12.3. The number of carbonyl (C=O) groups excluding carboxylic acids is 1. The van der Waals surface area contributed by atoms with Crippen LogP contribution < -0.4 is 24.8 Å². The Morgan fingerprint density at radius 3 is 2.26 bits per heavy atom. The van der Waals surface area contributed by atoms with E-state index in [0.717, 1.165) is 18.7 Å². The maximum atomic E-state index is 12.3. The third-order valence-electron chi connectivity index (χ3n) is 4.24. The first-order valence-corrected chi connectivity index (χ1v) is 8.94. The van der Waals surface area contributed by atoms with Gasteiger partial charge in [0, 0.05) is 18.5 Å². The fourth-order valence-corrected chi connectivity index (χ4v) is 2.71. The molecule has 2 rings (SSSR count). The molecule has 0 radical (unpaired) electrons. The van der Waals surface area contributed by atoms with Gasteiger partial charge in [-0.3, -0.25) is 4.79 Å². The lowest BCUT2D eigenvalue weighted by Crippen LogP contribution is -2.32. The second-order valence-electron chi connectivity index (χ2n) is 6.27. The highest BCUT2D eigenvalue weighted by Crippen LogP contribution is 2.29. The van der Waals surface area contributed by atoms with Crippen LogP contribution in [0, 0.1) is 0 Å². The van der Waals surface area contributed by atoms with Gasteiger partial charge in [-0.15, -0.1) is 0 Å². The number of methoxy groups -OCH3 is 3. The lowest BCUT2D eigenvalue weighted by atomic mass is 10.1. The average Bonchev–Trinajstić information content (AvgIpc) is 2.68. The molecular weight excluding hydrogens is 344 g/mol. The molecule has 0 saturated carbocycles. The normalized spacial score (nSPS) is 11.6. The fourth-order valence-electron chi connectivity index (χ4n) is 2.71. The first-order chi connectivity index (χ1) is 13.0. The molecule has 2 N–H and O–H groups in total. The van der Waals surface area contributed by atoms with Gasteiger partial charge in [0.15, 0.2) is 0 Å². The number of anilines is 1. The minimum absolute atomic E-state index is 0.0625. The second kappa shape index (κ2) is 10.4. The fraction of sp³-hybridized carbons (Fsp3) is 0.381. The molecule has 0 fully saturated rings. The van der Waals surface area contributed by atoms with Crippen molar-refractivity contribution in [2.24, 2.45) is 0 Å². The quantitative estimate of drug-likeness (QED) is 0.670. The molecule has 6 heteroatoms. The van der Waals surface area contributed by atoms with Crippen molar-refractivity contribution in [3.05, 3.63) is 48.0 Å². The summed E-state index contributed by atoms with van der Waals surface area (Å²) in [5.74, 6) is 2.04. The third kappa shape index (κ3) is 6.49. The molecule has 0 aliphatic heterocycles. The van der Waals surface area contributed by atoms with Crippen LogP contribution in [0.3, 0.4) is 0 Å².